The summed E-state index contributed by atoms with van der Waals surface area (Å²) in [5, 5.41) is 3.02. The van der Waals surface area contributed by atoms with Crippen LogP contribution in [0.15, 0.2) is 30.6 Å². The van der Waals surface area contributed by atoms with E-state index in [0.29, 0.717) is 18.4 Å². The van der Waals surface area contributed by atoms with Gasteiger partial charge in [-0.15, -0.1) is 0 Å². The molecule has 0 aliphatic carbocycles. The van der Waals surface area contributed by atoms with Gasteiger partial charge in [-0.1, -0.05) is 12.1 Å². The van der Waals surface area contributed by atoms with Crippen LogP contribution in [-0.2, 0) is 13.5 Å². The minimum absolute atomic E-state index is 0.229. The van der Waals surface area contributed by atoms with Gasteiger partial charge >= 0.3 is 0 Å². The van der Waals surface area contributed by atoms with E-state index in [-0.39, 0.29) is 6.04 Å². The number of aromatic nitrogens is 2. The molecule has 0 aliphatic rings. The summed E-state index contributed by atoms with van der Waals surface area (Å²) in [4.78, 5) is 4.22. The lowest BCUT2D eigenvalue weighted by atomic mass is 10.0. The van der Waals surface area contributed by atoms with Crippen LogP contribution in [0.5, 0.6) is 0 Å². The number of nitrogens with one attached hydrogen (secondary N) is 1. The average Bonchev–Trinajstić information content (AvgIpc) is 2.80. The quantitative estimate of drug-likeness (QED) is 0.900. The standard InChI is InChI=1S/C14H17F2N3/c1-17-12(6-7-13-18-8-9-19(13)2)10-4-3-5-11(15)14(10)16/h3-5,8-9,12,17H,6-7H2,1-2H3. The Morgan fingerprint density at radius 1 is 1.37 bits per heavy atom. The van der Waals surface area contributed by atoms with Crippen molar-refractivity contribution in [1.29, 1.82) is 0 Å². The van der Waals surface area contributed by atoms with Crippen molar-refractivity contribution in [2.45, 2.75) is 18.9 Å². The molecule has 0 aliphatic heterocycles. The molecule has 1 unspecified atom stereocenters. The molecule has 0 amide bonds. The van der Waals surface area contributed by atoms with Gasteiger partial charge in [0.15, 0.2) is 11.6 Å². The van der Waals surface area contributed by atoms with Crippen molar-refractivity contribution in [3.63, 3.8) is 0 Å². The van der Waals surface area contributed by atoms with E-state index < -0.39 is 11.6 Å². The summed E-state index contributed by atoms with van der Waals surface area (Å²) in [5.41, 5.74) is 0.358. The fourth-order valence-corrected chi connectivity index (χ4v) is 2.16. The molecule has 0 saturated carbocycles. The summed E-state index contributed by atoms with van der Waals surface area (Å²) in [7, 11) is 3.66. The molecule has 1 N–H and O–H groups in total. The van der Waals surface area contributed by atoms with E-state index in [1.807, 2.05) is 17.8 Å². The molecule has 0 saturated heterocycles. The maximum absolute atomic E-state index is 13.7. The Hall–Kier alpha value is -1.75. The van der Waals surface area contributed by atoms with E-state index in [0.717, 1.165) is 11.9 Å². The fraction of sp³-hybridized carbons (Fsp3) is 0.357. The van der Waals surface area contributed by atoms with Crippen LogP contribution in [0.4, 0.5) is 8.78 Å². The molecule has 0 fully saturated rings. The highest BCUT2D eigenvalue weighted by molar-refractivity contribution is 5.22. The van der Waals surface area contributed by atoms with Crippen LogP contribution in [0, 0.1) is 11.6 Å². The van der Waals surface area contributed by atoms with Crippen molar-refractivity contribution in [3.05, 3.63) is 53.6 Å². The third-order valence-electron chi connectivity index (χ3n) is 3.28. The van der Waals surface area contributed by atoms with Gasteiger partial charge in [0, 0.05) is 37.5 Å². The number of imidazole rings is 1. The molecule has 0 spiro atoms. The van der Waals surface area contributed by atoms with Crippen LogP contribution in [0.3, 0.4) is 0 Å². The van der Waals surface area contributed by atoms with Crippen LogP contribution in [0.2, 0.25) is 0 Å². The van der Waals surface area contributed by atoms with Crippen LogP contribution in [-0.4, -0.2) is 16.6 Å². The molecule has 3 nitrogen and oxygen atoms in total. The molecule has 1 atom stereocenters. The molecule has 0 radical (unpaired) electrons. The van der Waals surface area contributed by atoms with Gasteiger partial charge in [0.1, 0.15) is 5.82 Å². The Labute approximate surface area is 111 Å². The van der Waals surface area contributed by atoms with Gasteiger partial charge in [-0.05, 0) is 19.5 Å². The second-order valence-electron chi connectivity index (χ2n) is 4.48. The van der Waals surface area contributed by atoms with E-state index in [1.54, 1.807) is 19.3 Å². The number of benzene rings is 1. The van der Waals surface area contributed by atoms with E-state index in [2.05, 4.69) is 10.3 Å². The first-order valence-corrected chi connectivity index (χ1v) is 6.21. The Kier molecular flexibility index (Phi) is 4.27. The zero-order valence-electron chi connectivity index (χ0n) is 11.0. The van der Waals surface area contributed by atoms with Gasteiger partial charge < -0.3 is 9.88 Å². The summed E-state index contributed by atoms with van der Waals surface area (Å²) in [6.45, 7) is 0. The van der Waals surface area contributed by atoms with E-state index in [9.17, 15) is 8.78 Å². The Bertz CT molecular complexity index is 551. The van der Waals surface area contributed by atoms with Crippen LogP contribution in [0.25, 0.3) is 0 Å². The number of halogens is 2. The second-order valence-corrected chi connectivity index (χ2v) is 4.48. The zero-order valence-corrected chi connectivity index (χ0v) is 11.0. The monoisotopic (exact) mass is 265 g/mol. The van der Waals surface area contributed by atoms with E-state index >= 15 is 0 Å². The smallest absolute Gasteiger partial charge is 0.163 e. The average molecular weight is 265 g/mol. The number of aryl methyl sites for hydroxylation is 2. The predicted octanol–water partition coefficient (Wildman–Crippen LogP) is 2.59. The molecular formula is C14H17F2N3. The molecular weight excluding hydrogens is 248 g/mol. The maximum Gasteiger partial charge on any atom is 0.163 e. The Morgan fingerprint density at radius 2 is 2.16 bits per heavy atom. The first kappa shape index (κ1) is 13.7. The normalized spacial score (nSPS) is 12.6. The lowest BCUT2D eigenvalue weighted by molar-refractivity contribution is 0.460. The third-order valence-corrected chi connectivity index (χ3v) is 3.28. The van der Waals surface area contributed by atoms with Crippen molar-refractivity contribution < 1.29 is 8.78 Å². The molecule has 2 aromatic rings. The highest BCUT2D eigenvalue weighted by Gasteiger charge is 2.17. The molecule has 1 aromatic carbocycles. The molecule has 5 heteroatoms. The van der Waals surface area contributed by atoms with E-state index in [1.165, 1.54) is 6.07 Å². The molecule has 1 aromatic heterocycles. The highest BCUT2D eigenvalue weighted by atomic mass is 19.2. The molecule has 2 rings (SSSR count). The van der Waals surface area contributed by atoms with Gasteiger partial charge in [-0.25, -0.2) is 13.8 Å². The number of hydrogen-bond acceptors (Lipinski definition) is 2. The van der Waals surface area contributed by atoms with Gasteiger partial charge in [0.25, 0.3) is 0 Å². The lowest BCUT2D eigenvalue weighted by Crippen LogP contribution is -2.19. The predicted molar refractivity (Wildman–Crippen MR) is 69.7 cm³/mol. The minimum Gasteiger partial charge on any atom is -0.338 e. The van der Waals surface area contributed by atoms with Crippen molar-refractivity contribution in [2.75, 3.05) is 7.05 Å². The topological polar surface area (TPSA) is 29.9 Å². The van der Waals surface area contributed by atoms with Crippen molar-refractivity contribution in [2.24, 2.45) is 7.05 Å². The van der Waals surface area contributed by atoms with E-state index in [4.69, 9.17) is 0 Å². The molecule has 102 valence electrons. The summed E-state index contributed by atoms with van der Waals surface area (Å²) < 4.78 is 28.9. The van der Waals surface area contributed by atoms with Gasteiger partial charge in [-0.3, -0.25) is 0 Å². The number of nitrogens with zero attached hydrogens (tertiary/aromatic N) is 2. The largest absolute Gasteiger partial charge is 0.338 e. The third kappa shape index (κ3) is 2.98. The number of hydrogen-bond donors (Lipinski definition) is 1. The summed E-state index contributed by atoms with van der Waals surface area (Å²) in [6.07, 6.45) is 4.95. The molecule has 1 heterocycles. The second kappa shape index (κ2) is 5.93. The molecule has 0 bridgehead atoms. The Morgan fingerprint density at radius 3 is 2.79 bits per heavy atom. The van der Waals surface area contributed by atoms with Gasteiger partial charge in [0.2, 0.25) is 0 Å². The Balaban J connectivity index is 2.12. The van der Waals surface area contributed by atoms with Crippen LogP contribution in [0.1, 0.15) is 23.9 Å². The summed E-state index contributed by atoms with van der Waals surface area (Å²) in [6, 6.07) is 4.04. The number of rotatable bonds is 5. The summed E-state index contributed by atoms with van der Waals surface area (Å²) in [5.74, 6) is -0.659. The lowest BCUT2D eigenvalue weighted by Gasteiger charge is -2.17. The molecule has 19 heavy (non-hydrogen) atoms. The SMILES string of the molecule is CNC(CCc1nccn1C)c1cccc(F)c1F. The highest BCUT2D eigenvalue weighted by Crippen LogP contribution is 2.22. The van der Waals surface area contributed by atoms with Crippen LogP contribution >= 0.6 is 0 Å². The minimum atomic E-state index is -0.810. The van der Waals surface area contributed by atoms with Gasteiger partial charge in [-0.2, -0.15) is 0 Å². The fourth-order valence-electron chi connectivity index (χ4n) is 2.16. The maximum atomic E-state index is 13.7. The first-order valence-electron chi connectivity index (χ1n) is 6.21. The van der Waals surface area contributed by atoms with Crippen molar-refractivity contribution in [1.82, 2.24) is 14.9 Å². The van der Waals surface area contributed by atoms with Gasteiger partial charge in [0.05, 0.1) is 0 Å². The first-order chi connectivity index (χ1) is 9.13. The summed E-state index contributed by atoms with van der Waals surface area (Å²) >= 11 is 0. The van der Waals surface area contributed by atoms with Crippen molar-refractivity contribution in [3.8, 4) is 0 Å². The van der Waals surface area contributed by atoms with Crippen LogP contribution < -0.4 is 5.32 Å². The zero-order chi connectivity index (χ0) is 13.8. The van der Waals surface area contributed by atoms with Crippen molar-refractivity contribution >= 4 is 0 Å².